The number of amides is 1. The lowest BCUT2D eigenvalue weighted by molar-refractivity contribution is -0.135. The lowest BCUT2D eigenvalue weighted by Gasteiger charge is -2.34. The maximum atomic E-state index is 13.3. The third-order valence-electron chi connectivity index (χ3n) is 6.44. The number of rotatable bonds is 5. The van der Waals surface area contributed by atoms with E-state index in [1.165, 1.54) is 5.56 Å². The summed E-state index contributed by atoms with van der Waals surface area (Å²) in [7, 11) is 0. The van der Waals surface area contributed by atoms with Crippen molar-refractivity contribution in [1.29, 1.82) is 5.26 Å². The minimum atomic E-state index is 0.0432. The summed E-state index contributed by atoms with van der Waals surface area (Å²) in [5, 5.41) is 13.4. The maximum Gasteiger partial charge on any atom is 0.225 e. The van der Waals surface area contributed by atoms with Gasteiger partial charge in [-0.1, -0.05) is 30.7 Å². The number of pyridine rings is 1. The summed E-state index contributed by atoms with van der Waals surface area (Å²) >= 11 is 6.07. The van der Waals surface area contributed by atoms with Crippen molar-refractivity contribution in [2.75, 3.05) is 37.6 Å². The Hall–Kier alpha value is -2.62. The van der Waals surface area contributed by atoms with Crippen molar-refractivity contribution in [3.05, 3.63) is 58.7 Å². The second-order valence-electron chi connectivity index (χ2n) is 8.34. The van der Waals surface area contributed by atoms with Crippen LogP contribution in [0.2, 0.25) is 5.02 Å². The second-order valence-corrected chi connectivity index (χ2v) is 8.78. The van der Waals surface area contributed by atoms with E-state index in [9.17, 15) is 4.79 Å². The molecule has 2 saturated heterocycles. The van der Waals surface area contributed by atoms with Crippen LogP contribution < -0.4 is 10.2 Å². The maximum absolute atomic E-state index is 13.3. The first kappa shape index (κ1) is 21.6. The molecule has 2 atom stereocenters. The van der Waals surface area contributed by atoms with Crippen LogP contribution >= 0.6 is 11.6 Å². The summed E-state index contributed by atoms with van der Waals surface area (Å²) in [5.74, 6) is 1.40. The molecule has 0 saturated carbocycles. The normalized spacial score (nSPS) is 21.8. The first-order valence-corrected chi connectivity index (χ1v) is 11.4. The molecule has 2 aromatic rings. The number of anilines is 1. The molecule has 1 amide bonds. The highest BCUT2D eigenvalue weighted by molar-refractivity contribution is 6.30. The molecule has 2 fully saturated rings. The highest BCUT2D eigenvalue weighted by Gasteiger charge is 2.38. The van der Waals surface area contributed by atoms with E-state index in [2.05, 4.69) is 40.3 Å². The molecule has 1 aromatic heterocycles. The Labute approximate surface area is 188 Å². The van der Waals surface area contributed by atoms with Crippen LogP contribution in [-0.4, -0.2) is 54.6 Å². The van der Waals surface area contributed by atoms with Crippen molar-refractivity contribution in [2.45, 2.75) is 31.7 Å². The predicted molar refractivity (Wildman–Crippen MR) is 122 cm³/mol. The summed E-state index contributed by atoms with van der Waals surface area (Å²) in [6.45, 7) is 6.03. The van der Waals surface area contributed by atoms with E-state index < -0.39 is 0 Å². The molecule has 0 bridgehead atoms. The molecule has 7 heteroatoms. The minimum absolute atomic E-state index is 0.0432. The average molecular weight is 438 g/mol. The first-order valence-electron chi connectivity index (χ1n) is 11.0. The largest absolute Gasteiger partial charge is 0.357 e. The van der Waals surface area contributed by atoms with E-state index >= 15 is 0 Å². The van der Waals surface area contributed by atoms with Crippen LogP contribution in [0.15, 0.2) is 42.6 Å². The summed E-state index contributed by atoms with van der Waals surface area (Å²) in [4.78, 5) is 21.9. The molecular formula is C24H28ClN5O. The molecule has 1 aromatic carbocycles. The fraction of sp³-hybridized carbons (Fsp3) is 0.458. The Morgan fingerprint density at radius 1 is 1.23 bits per heavy atom. The number of hydrogen-bond acceptors (Lipinski definition) is 5. The SMILES string of the molecule is CCN[C@H]1CN(C(=O)C2CCN(c3cc(C#N)ccn3)CC2)C[C@@H]1c1ccc(Cl)cc1. The molecule has 4 rings (SSSR count). The van der Waals surface area contributed by atoms with E-state index in [1.807, 2.05) is 23.1 Å². The van der Waals surface area contributed by atoms with Gasteiger partial charge in [0, 0.05) is 55.3 Å². The standard InChI is InChI=1S/C24H28ClN5O/c1-2-27-22-16-30(15-21(22)18-3-5-20(25)6-4-18)24(31)19-8-11-29(12-9-19)23-13-17(14-26)7-10-28-23/h3-7,10,13,19,21-22,27H,2,8-9,11-12,15-16H2,1H3/t21-,22+/m1/s1. The molecule has 3 heterocycles. The molecule has 0 radical (unpaired) electrons. The van der Waals surface area contributed by atoms with Crippen molar-refractivity contribution in [3.8, 4) is 6.07 Å². The van der Waals surface area contributed by atoms with Gasteiger partial charge in [-0.3, -0.25) is 4.79 Å². The van der Waals surface area contributed by atoms with Crippen LogP contribution in [0.25, 0.3) is 0 Å². The zero-order valence-electron chi connectivity index (χ0n) is 17.8. The van der Waals surface area contributed by atoms with Gasteiger partial charge in [0.15, 0.2) is 0 Å². The molecule has 1 N–H and O–H groups in total. The van der Waals surface area contributed by atoms with Crippen LogP contribution in [0.3, 0.4) is 0 Å². The van der Waals surface area contributed by atoms with Crippen LogP contribution in [0.5, 0.6) is 0 Å². The number of carbonyl (C=O) groups excluding carboxylic acids is 1. The number of likely N-dealkylation sites (N-methyl/N-ethyl adjacent to an activating group) is 1. The van der Waals surface area contributed by atoms with Crippen LogP contribution in [0.4, 0.5) is 5.82 Å². The molecule has 0 spiro atoms. The topological polar surface area (TPSA) is 72.3 Å². The molecule has 2 aliphatic rings. The summed E-state index contributed by atoms with van der Waals surface area (Å²) < 4.78 is 0. The number of nitrogens with zero attached hydrogens (tertiary/aromatic N) is 4. The van der Waals surface area contributed by atoms with Crippen LogP contribution in [0, 0.1) is 17.2 Å². The predicted octanol–water partition coefficient (Wildman–Crippen LogP) is 3.43. The van der Waals surface area contributed by atoms with Gasteiger partial charge in [0.05, 0.1) is 11.6 Å². The van der Waals surface area contributed by atoms with Gasteiger partial charge < -0.3 is 15.1 Å². The molecule has 0 aliphatic carbocycles. The summed E-state index contributed by atoms with van der Waals surface area (Å²) in [6.07, 6.45) is 3.30. The highest BCUT2D eigenvalue weighted by Crippen LogP contribution is 2.31. The summed E-state index contributed by atoms with van der Waals surface area (Å²) in [5.41, 5.74) is 1.84. The molecule has 162 valence electrons. The monoisotopic (exact) mass is 437 g/mol. The number of benzene rings is 1. The number of aromatic nitrogens is 1. The minimum Gasteiger partial charge on any atom is -0.357 e. The van der Waals surface area contributed by atoms with Crippen LogP contribution in [0.1, 0.15) is 36.8 Å². The van der Waals surface area contributed by atoms with Crippen molar-refractivity contribution in [1.82, 2.24) is 15.2 Å². The average Bonchev–Trinajstić information content (AvgIpc) is 3.23. The fourth-order valence-electron chi connectivity index (χ4n) is 4.78. The summed E-state index contributed by atoms with van der Waals surface area (Å²) in [6, 6.07) is 14.0. The number of nitrogens with one attached hydrogen (secondary N) is 1. The third kappa shape index (κ3) is 4.84. The van der Waals surface area contributed by atoms with E-state index in [-0.39, 0.29) is 23.8 Å². The van der Waals surface area contributed by atoms with Gasteiger partial charge in [0.1, 0.15) is 5.82 Å². The van der Waals surface area contributed by atoms with E-state index in [4.69, 9.17) is 16.9 Å². The number of likely N-dealkylation sites (tertiary alicyclic amines) is 1. The Balaban J connectivity index is 1.39. The Morgan fingerprint density at radius 2 is 1.97 bits per heavy atom. The molecule has 0 unspecified atom stereocenters. The number of nitriles is 1. The number of halogens is 1. The second kappa shape index (κ2) is 9.67. The number of hydrogen-bond donors (Lipinski definition) is 1. The smallest absolute Gasteiger partial charge is 0.225 e. The van der Waals surface area contributed by atoms with Crippen molar-refractivity contribution in [2.24, 2.45) is 5.92 Å². The van der Waals surface area contributed by atoms with Crippen molar-refractivity contribution < 1.29 is 4.79 Å². The zero-order chi connectivity index (χ0) is 21.8. The number of carbonyl (C=O) groups is 1. The number of piperidine rings is 1. The molecule has 6 nitrogen and oxygen atoms in total. The third-order valence-corrected chi connectivity index (χ3v) is 6.69. The van der Waals surface area contributed by atoms with Gasteiger partial charge in [0.2, 0.25) is 5.91 Å². The fourth-order valence-corrected chi connectivity index (χ4v) is 4.90. The van der Waals surface area contributed by atoms with E-state index in [0.717, 1.165) is 56.4 Å². The van der Waals surface area contributed by atoms with Crippen molar-refractivity contribution in [3.63, 3.8) is 0 Å². The highest BCUT2D eigenvalue weighted by atomic mass is 35.5. The Morgan fingerprint density at radius 3 is 2.65 bits per heavy atom. The molecule has 31 heavy (non-hydrogen) atoms. The van der Waals surface area contributed by atoms with Gasteiger partial charge in [-0.15, -0.1) is 0 Å². The van der Waals surface area contributed by atoms with E-state index in [1.54, 1.807) is 12.3 Å². The Bertz CT molecular complexity index is 949. The lowest BCUT2D eigenvalue weighted by Crippen LogP contribution is -2.43. The van der Waals surface area contributed by atoms with Gasteiger partial charge in [0.25, 0.3) is 0 Å². The van der Waals surface area contributed by atoms with Gasteiger partial charge in [-0.2, -0.15) is 5.26 Å². The first-order chi connectivity index (χ1) is 15.1. The quantitative estimate of drug-likeness (QED) is 0.775. The van der Waals surface area contributed by atoms with Crippen molar-refractivity contribution >= 4 is 23.3 Å². The van der Waals surface area contributed by atoms with Gasteiger partial charge in [-0.05, 0) is 49.2 Å². The van der Waals surface area contributed by atoms with Crippen LogP contribution in [-0.2, 0) is 4.79 Å². The van der Waals surface area contributed by atoms with Gasteiger partial charge in [-0.25, -0.2) is 4.98 Å². The Kier molecular flexibility index (Phi) is 6.74. The molecular weight excluding hydrogens is 410 g/mol. The van der Waals surface area contributed by atoms with Gasteiger partial charge >= 0.3 is 0 Å². The zero-order valence-corrected chi connectivity index (χ0v) is 18.6. The van der Waals surface area contributed by atoms with E-state index in [0.29, 0.717) is 5.56 Å². The molecule has 2 aliphatic heterocycles. The lowest BCUT2D eigenvalue weighted by atomic mass is 9.94.